The van der Waals surface area contributed by atoms with Gasteiger partial charge in [-0.3, -0.25) is 4.79 Å². The molecule has 0 unspecified atom stereocenters. The third-order valence-corrected chi connectivity index (χ3v) is 5.03. The SMILES string of the molecule is CN(CC1(C)CCOCC1)C(=O)CCc1c[nH]c2ccccc12. The van der Waals surface area contributed by atoms with Gasteiger partial charge in [-0.1, -0.05) is 25.1 Å². The summed E-state index contributed by atoms with van der Waals surface area (Å²) in [5.41, 5.74) is 2.56. The van der Waals surface area contributed by atoms with E-state index in [-0.39, 0.29) is 11.3 Å². The summed E-state index contributed by atoms with van der Waals surface area (Å²) < 4.78 is 5.44. The van der Waals surface area contributed by atoms with Gasteiger partial charge >= 0.3 is 0 Å². The minimum absolute atomic E-state index is 0.198. The number of ether oxygens (including phenoxy) is 1. The number of carbonyl (C=O) groups is 1. The van der Waals surface area contributed by atoms with Crippen LogP contribution in [0.25, 0.3) is 10.9 Å². The Morgan fingerprint density at radius 1 is 1.30 bits per heavy atom. The molecule has 0 saturated carbocycles. The molecule has 4 nitrogen and oxygen atoms in total. The molecule has 1 amide bonds. The van der Waals surface area contributed by atoms with Crippen molar-refractivity contribution in [2.45, 2.75) is 32.6 Å². The first-order valence-corrected chi connectivity index (χ1v) is 8.44. The second-order valence-corrected chi connectivity index (χ2v) is 7.03. The molecule has 1 aromatic carbocycles. The van der Waals surface area contributed by atoms with Crippen LogP contribution in [0.15, 0.2) is 30.5 Å². The standard InChI is InChI=1S/C19H26N2O2/c1-19(9-11-23-12-10-19)14-21(2)18(22)8-7-15-13-20-17-6-4-3-5-16(15)17/h3-6,13,20H,7-12,14H2,1-2H3. The number of para-hydroxylation sites is 1. The summed E-state index contributed by atoms with van der Waals surface area (Å²) in [5.74, 6) is 0.225. The van der Waals surface area contributed by atoms with Crippen LogP contribution in [0.4, 0.5) is 0 Å². The highest BCUT2D eigenvalue weighted by Gasteiger charge is 2.29. The molecule has 1 N–H and O–H groups in total. The van der Waals surface area contributed by atoms with Crippen molar-refractivity contribution in [1.29, 1.82) is 0 Å². The second-order valence-electron chi connectivity index (χ2n) is 7.03. The molecule has 23 heavy (non-hydrogen) atoms. The summed E-state index contributed by atoms with van der Waals surface area (Å²) in [6.07, 6.45) is 5.44. The van der Waals surface area contributed by atoms with E-state index in [9.17, 15) is 4.79 Å². The topological polar surface area (TPSA) is 45.3 Å². The fraction of sp³-hybridized carbons (Fsp3) is 0.526. The van der Waals surface area contributed by atoms with Crippen LogP contribution in [0.3, 0.4) is 0 Å². The number of aromatic nitrogens is 1. The Balaban J connectivity index is 1.56. The number of H-pyrrole nitrogens is 1. The number of nitrogens with one attached hydrogen (secondary N) is 1. The Morgan fingerprint density at radius 3 is 2.83 bits per heavy atom. The van der Waals surface area contributed by atoms with Crippen LogP contribution < -0.4 is 0 Å². The van der Waals surface area contributed by atoms with Crippen LogP contribution in [-0.2, 0) is 16.0 Å². The van der Waals surface area contributed by atoms with Gasteiger partial charge in [-0.15, -0.1) is 0 Å². The van der Waals surface area contributed by atoms with Gasteiger partial charge in [0, 0.05) is 50.3 Å². The summed E-state index contributed by atoms with van der Waals surface area (Å²) >= 11 is 0. The molecule has 2 aromatic rings. The highest BCUT2D eigenvalue weighted by molar-refractivity contribution is 5.84. The molecule has 4 heteroatoms. The van der Waals surface area contributed by atoms with Crippen molar-refractivity contribution in [2.75, 3.05) is 26.8 Å². The molecular weight excluding hydrogens is 288 g/mol. The highest BCUT2D eigenvalue weighted by Crippen LogP contribution is 2.30. The van der Waals surface area contributed by atoms with Gasteiger partial charge in [-0.2, -0.15) is 0 Å². The van der Waals surface area contributed by atoms with Crippen LogP contribution in [0.2, 0.25) is 0 Å². The number of nitrogens with zero attached hydrogens (tertiary/aromatic N) is 1. The van der Waals surface area contributed by atoms with E-state index >= 15 is 0 Å². The molecule has 0 radical (unpaired) electrons. The molecule has 1 aromatic heterocycles. The largest absolute Gasteiger partial charge is 0.381 e. The molecule has 2 heterocycles. The Hall–Kier alpha value is -1.81. The van der Waals surface area contributed by atoms with E-state index in [2.05, 4.69) is 24.0 Å². The number of benzene rings is 1. The van der Waals surface area contributed by atoms with Crippen LogP contribution in [-0.4, -0.2) is 42.6 Å². The number of hydrogen-bond donors (Lipinski definition) is 1. The second kappa shape index (κ2) is 6.75. The van der Waals surface area contributed by atoms with Crippen molar-refractivity contribution in [1.82, 2.24) is 9.88 Å². The van der Waals surface area contributed by atoms with E-state index in [1.807, 2.05) is 30.3 Å². The fourth-order valence-corrected chi connectivity index (χ4v) is 3.45. The molecule has 124 valence electrons. The number of hydrogen-bond acceptors (Lipinski definition) is 2. The molecule has 0 bridgehead atoms. The Morgan fingerprint density at radius 2 is 2.04 bits per heavy atom. The van der Waals surface area contributed by atoms with Crippen molar-refractivity contribution in [3.8, 4) is 0 Å². The lowest BCUT2D eigenvalue weighted by Gasteiger charge is -2.36. The average Bonchev–Trinajstić information content (AvgIpc) is 2.96. The van der Waals surface area contributed by atoms with E-state index in [0.29, 0.717) is 6.42 Å². The number of rotatable bonds is 5. The van der Waals surface area contributed by atoms with Crippen LogP contribution in [0.5, 0.6) is 0 Å². The summed E-state index contributed by atoms with van der Waals surface area (Å²) in [4.78, 5) is 17.7. The lowest BCUT2D eigenvalue weighted by Crippen LogP contribution is -2.40. The molecule has 3 rings (SSSR count). The molecule has 1 aliphatic rings. The first-order valence-electron chi connectivity index (χ1n) is 8.44. The monoisotopic (exact) mass is 314 g/mol. The first kappa shape index (κ1) is 16.1. The van der Waals surface area contributed by atoms with Crippen molar-refractivity contribution < 1.29 is 9.53 Å². The van der Waals surface area contributed by atoms with Gasteiger partial charge in [-0.25, -0.2) is 0 Å². The number of aromatic amines is 1. The predicted molar refractivity (Wildman–Crippen MR) is 92.4 cm³/mol. The minimum atomic E-state index is 0.198. The van der Waals surface area contributed by atoms with Gasteiger partial charge in [0.2, 0.25) is 5.91 Å². The Labute approximate surface area is 137 Å². The smallest absolute Gasteiger partial charge is 0.222 e. The number of amides is 1. The van der Waals surface area contributed by atoms with Gasteiger partial charge in [0.1, 0.15) is 0 Å². The molecule has 0 spiro atoms. The van der Waals surface area contributed by atoms with Crippen molar-refractivity contribution >= 4 is 16.8 Å². The van der Waals surface area contributed by atoms with E-state index in [1.54, 1.807) is 0 Å². The minimum Gasteiger partial charge on any atom is -0.381 e. The van der Waals surface area contributed by atoms with Crippen LogP contribution >= 0.6 is 0 Å². The van der Waals surface area contributed by atoms with Gasteiger partial charge < -0.3 is 14.6 Å². The zero-order valence-electron chi connectivity index (χ0n) is 14.1. The van der Waals surface area contributed by atoms with E-state index in [0.717, 1.165) is 44.5 Å². The van der Waals surface area contributed by atoms with Gasteiger partial charge in [0.15, 0.2) is 0 Å². The Kier molecular flexibility index (Phi) is 4.71. The third kappa shape index (κ3) is 3.75. The number of aryl methyl sites for hydroxylation is 1. The maximum atomic E-state index is 12.5. The Bertz CT molecular complexity index is 671. The quantitative estimate of drug-likeness (QED) is 0.919. The normalized spacial score (nSPS) is 17.3. The number of fused-ring (bicyclic) bond motifs is 1. The van der Waals surface area contributed by atoms with E-state index in [1.165, 1.54) is 10.9 Å². The molecule has 1 saturated heterocycles. The summed E-state index contributed by atoms with van der Waals surface area (Å²) in [6.45, 7) is 4.71. The highest BCUT2D eigenvalue weighted by atomic mass is 16.5. The lowest BCUT2D eigenvalue weighted by atomic mass is 9.82. The molecule has 0 aliphatic carbocycles. The van der Waals surface area contributed by atoms with Gasteiger partial charge in [0.05, 0.1) is 0 Å². The van der Waals surface area contributed by atoms with E-state index < -0.39 is 0 Å². The summed E-state index contributed by atoms with van der Waals surface area (Å²) in [7, 11) is 1.93. The average molecular weight is 314 g/mol. The lowest BCUT2D eigenvalue weighted by molar-refractivity contribution is -0.132. The predicted octanol–water partition coefficient (Wildman–Crippen LogP) is 3.38. The summed E-state index contributed by atoms with van der Waals surface area (Å²) in [5, 5.41) is 1.22. The zero-order valence-corrected chi connectivity index (χ0v) is 14.1. The number of carbonyl (C=O) groups excluding carboxylic acids is 1. The summed E-state index contributed by atoms with van der Waals surface area (Å²) in [6, 6.07) is 8.24. The maximum Gasteiger partial charge on any atom is 0.222 e. The van der Waals surface area contributed by atoms with Crippen molar-refractivity contribution in [3.63, 3.8) is 0 Å². The van der Waals surface area contributed by atoms with Crippen LogP contribution in [0, 0.1) is 5.41 Å². The van der Waals surface area contributed by atoms with E-state index in [4.69, 9.17) is 4.74 Å². The van der Waals surface area contributed by atoms with Crippen molar-refractivity contribution in [3.05, 3.63) is 36.0 Å². The third-order valence-electron chi connectivity index (χ3n) is 5.03. The molecule has 1 fully saturated rings. The van der Waals surface area contributed by atoms with Gasteiger partial charge in [0.25, 0.3) is 0 Å². The maximum absolute atomic E-state index is 12.5. The van der Waals surface area contributed by atoms with Crippen LogP contribution in [0.1, 0.15) is 31.7 Å². The van der Waals surface area contributed by atoms with Gasteiger partial charge in [-0.05, 0) is 36.3 Å². The van der Waals surface area contributed by atoms with Crippen molar-refractivity contribution in [2.24, 2.45) is 5.41 Å². The molecule has 0 atom stereocenters. The fourth-order valence-electron chi connectivity index (χ4n) is 3.45. The molecular formula is C19H26N2O2. The first-order chi connectivity index (χ1) is 11.1. The zero-order chi connectivity index (χ0) is 16.3. The molecule has 1 aliphatic heterocycles.